The minimum Gasteiger partial charge on any atom is -0.310 e. The second kappa shape index (κ2) is 13.9. The average Bonchev–Trinajstić information content (AvgIpc) is 3.87. The van der Waals surface area contributed by atoms with E-state index in [1.807, 2.05) is 0 Å². The van der Waals surface area contributed by atoms with Crippen LogP contribution in [0.3, 0.4) is 0 Å². The van der Waals surface area contributed by atoms with E-state index < -0.39 is 5.41 Å². The summed E-state index contributed by atoms with van der Waals surface area (Å²) in [5, 5.41) is 0. The molecule has 0 fully saturated rings. The standard InChI is InChI=1S/C63H51N/c1-40-27-34-51-52-35-30-43(61(2,3)4)38-58(52)63(57(51)37-40)55-25-14-11-21-49(55)53-23-16-22-47(60(53)63)42-28-31-44(32-29-42)64(59-26-15-12-19-46(59)41-17-8-7-9-18-41)45-33-36-50-48-20-10-13-24-54(48)62(5,6)56(50)39-45/h7-39H,1-6H3. The lowest BCUT2D eigenvalue weighted by atomic mass is 9.67. The molecule has 1 heteroatoms. The SMILES string of the molecule is Cc1ccc2c(c1)C1(c3cc(C(C)(C)C)ccc3-2)c2ccccc2-c2cccc(-c3ccc(N(c4ccc5c(c4)C(C)(C)c4ccccc4-5)c4ccccc4-c4ccccc4)cc3)c21. The van der Waals surface area contributed by atoms with Crippen LogP contribution in [0.15, 0.2) is 200 Å². The largest absolute Gasteiger partial charge is 0.310 e. The Kier molecular flexibility index (Phi) is 8.35. The third-order valence-electron chi connectivity index (χ3n) is 14.7. The highest BCUT2D eigenvalue weighted by Crippen LogP contribution is 2.65. The second-order valence-electron chi connectivity index (χ2n) is 19.7. The maximum absolute atomic E-state index is 2.54. The maximum Gasteiger partial charge on any atom is 0.0731 e. The fourth-order valence-corrected chi connectivity index (χ4v) is 11.6. The Balaban J connectivity index is 1.07. The van der Waals surface area contributed by atoms with Gasteiger partial charge in [0.2, 0.25) is 0 Å². The molecule has 0 heterocycles. The first-order valence-electron chi connectivity index (χ1n) is 22.8. The van der Waals surface area contributed by atoms with Crippen LogP contribution in [0.2, 0.25) is 0 Å². The number of rotatable bonds is 5. The van der Waals surface area contributed by atoms with Gasteiger partial charge >= 0.3 is 0 Å². The molecule has 0 aromatic heterocycles. The van der Waals surface area contributed by atoms with Gasteiger partial charge in [-0.3, -0.25) is 0 Å². The van der Waals surface area contributed by atoms with Crippen LogP contribution in [-0.2, 0) is 16.2 Å². The summed E-state index contributed by atoms with van der Waals surface area (Å²) in [5.41, 5.74) is 26.6. The van der Waals surface area contributed by atoms with Crippen molar-refractivity contribution in [3.8, 4) is 55.6 Å². The average molecular weight is 822 g/mol. The number of para-hydroxylation sites is 1. The number of hydrogen-bond acceptors (Lipinski definition) is 1. The Labute approximate surface area is 378 Å². The summed E-state index contributed by atoms with van der Waals surface area (Å²) in [6.45, 7) is 14.0. The Morgan fingerprint density at radius 1 is 0.375 bits per heavy atom. The van der Waals surface area contributed by atoms with Crippen LogP contribution in [0.25, 0.3) is 55.6 Å². The zero-order chi connectivity index (χ0) is 43.5. The molecule has 0 bridgehead atoms. The highest BCUT2D eigenvalue weighted by atomic mass is 15.1. The van der Waals surface area contributed by atoms with Gasteiger partial charge in [-0.25, -0.2) is 0 Å². The van der Waals surface area contributed by atoms with E-state index in [9.17, 15) is 0 Å². The van der Waals surface area contributed by atoms with Crippen LogP contribution in [0.5, 0.6) is 0 Å². The number of fused-ring (bicyclic) bond motifs is 13. The molecular weight excluding hydrogens is 771 g/mol. The third kappa shape index (κ3) is 5.43. The molecule has 0 saturated heterocycles. The van der Waals surface area contributed by atoms with Crippen molar-refractivity contribution in [2.75, 3.05) is 4.90 Å². The van der Waals surface area contributed by atoms with Gasteiger partial charge in [-0.15, -0.1) is 0 Å². The van der Waals surface area contributed by atoms with Crippen LogP contribution in [-0.4, -0.2) is 0 Å². The van der Waals surface area contributed by atoms with Crippen molar-refractivity contribution in [1.29, 1.82) is 0 Å². The van der Waals surface area contributed by atoms with E-state index in [1.165, 1.54) is 100 Å². The molecular formula is C63H51N. The molecule has 0 N–H and O–H groups in total. The topological polar surface area (TPSA) is 3.24 Å². The molecule has 1 nitrogen and oxygen atoms in total. The van der Waals surface area contributed by atoms with E-state index in [1.54, 1.807) is 0 Å². The van der Waals surface area contributed by atoms with Gasteiger partial charge in [0.05, 0.1) is 11.1 Å². The number of hydrogen-bond donors (Lipinski definition) is 0. The summed E-state index contributed by atoms with van der Waals surface area (Å²) >= 11 is 0. The molecule has 9 aromatic carbocycles. The van der Waals surface area contributed by atoms with Gasteiger partial charge < -0.3 is 4.90 Å². The molecule has 12 rings (SSSR count). The normalized spacial score (nSPS) is 15.8. The molecule has 1 atom stereocenters. The Morgan fingerprint density at radius 2 is 0.906 bits per heavy atom. The van der Waals surface area contributed by atoms with Crippen molar-refractivity contribution in [3.05, 3.63) is 245 Å². The summed E-state index contributed by atoms with van der Waals surface area (Å²) < 4.78 is 0. The highest BCUT2D eigenvalue weighted by molar-refractivity contribution is 5.99. The molecule has 1 spiro atoms. The summed E-state index contributed by atoms with van der Waals surface area (Å²) in [4.78, 5) is 2.47. The van der Waals surface area contributed by atoms with E-state index in [2.05, 4.69) is 247 Å². The molecule has 0 saturated carbocycles. The first-order valence-corrected chi connectivity index (χ1v) is 22.8. The van der Waals surface area contributed by atoms with Crippen molar-refractivity contribution in [3.63, 3.8) is 0 Å². The highest BCUT2D eigenvalue weighted by Gasteiger charge is 2.53. The molecule has 0 amide bonds. The summed E-state index contributed by atoms with van der Waals surface area (Å²) in [5.74, 6) is 0. The fourth-order valence-electron chi connectivity index (χ4n) is 11.6. The molecule has 0 radical (unpaired) electrons. The second-order valence-corrected chi connectivity index (χ2v) is 19.7. The summed E-state index contributed by atoms with van der Waals surface area (Å²) in [7, 11) is 0. The van der Waals surface area contributed by atoms with E-state index >= 15 is 0 Å². The van der Waals surface area contributed by atoms with Crippen LogP contribution in [0, 0.1) is 6.92 Å². The molecule has 0 aliphatic heterocycles. The van der Waals surface area contributed by atoms with Gasteiger partial charge in [0.15, 0.2) is 0 Å². The van der Waals surface area contributed by atoms with Crippen molar-refractivity contribution in [1.82, 2.24) is 0 Å². The monoisotopic (exact) mass is 821 g/mol. The third-order valence-corrected chi connectivity index (χ3v) is 14.7. The van der Waals surface area contributed by atoms with Crippen molar-refractivity contribution in [2.24, 2.45) is 0 Å². The number of anilines is 3. The summed E-state index contributed by atoms with van der Waals surface area (Å²) in [6.07, 6.45) is 0. The van der Waals surface area contributed by atoms with Gasteiger partial charge in [-0.1, -0.05) is 210 Å². The minimum absolute atomic E-state index is 0.000775. The molecule has 64 heavy (non-hydrogen) atoms. The van der Waals surface area contributed by atoms with E-state index in [0.717, 1.165) is 17.1 Å². The van der Waals surface area contributed by atoms with Crippen LogP contribution in [0.4, 0.5) is 17.1 Å². The van der Waals surface area contributed by atoms with Crippen LogP contribution >= 0.6 is 0 Å². The quantitative estimate of drug-likeness (QED) is 0.167. The summed E-state index contributed by atoms with van der Waals surface area (Å²) in [6, 6.07) is 75.7. The molecule has 9 aromatic rings. The smallest absolute Gasteiger partial charge is 0.0731 e. The molecule has 1 unspecified atom stereocenters. The maximum atomic E-state index is 2.54. The Bertz CT molecular complexity index is 3340. The lowest BCUT2D eigenvalue weighted by molar-refractivity contribution is 0.588. The predicted molar refractivity (Wildman–Crippen MR) is 269 cm³/mol. The van der Waals surface area contributed by atoms with Gasteiger partial charge in [-0.2, -0.15) is 0 Å². The predicted octanol–water partition coefficient (Wildman–Crippen LogP) is 16.7. The van der Waals surface area contributed by atoms with Crippen molar-refractivity contribution < 1.29 is 0 Å². The fraction of sp³-hybridized carbons (Fsp3) is 0.143. The van der Waals surface area contributed by atoms with Gasteiger partial charge in [0.25, 0.3) is 0 Å². The Hall–Kier alpha value is -7.22. The number of benzene rings is 9. The van der Waals surface area contributed by atoms with E-state index in [4.69, 9.17) is 0 Å². The van der Waals surface area contributed by atoms with Gasteiger partial charge in [0.1, 0.15) is 0 Å². The van der Waals surface area contributed by atoms with Crippen LogP contribution < -0.4 is 4.90 Å². The zero-order valence-corrected chi connectivity index (χ0v) is 37.5. The molecule has 3 aliphatic rings. The lowest BCUT2D eigenvalue weighted by Gasteiger charge is -2.33. The van der Waals surface area contributed by atoms with Crippen molar-refractivity contribution >= 4 is 17.1 Å². The zero-order valence-electron chi connectivity index (χ0n) is 37.5. The van der Waals surface area contributed by atoms with Crippen molar-refractivity contribution in [2.45, 2.75) is 57.8 Å². The van der Waals surface area contributed by atoms with Crippen LogP contribution in [0.1, 0.15) is 79.1 Å². The first-order chi connectivity index (χ1) is 31.0. The van der Waals surface area contributed by atoms with Gasteiger partial charge in [-0.05, 0) is 132 Å². The minimum atomic E-state index is -0.464. The van der Waals surface area contributed by atoms with E-state index in [-0.39, 0.29) is 10.8 Å². The van der Waals surface area contributed by atoms with Gasteiger partial charge in [0, 0.05) is 22.4 Å². The molecule has 308 valence electrons. The Morgan fingerprint density at radius 3 is 1.66 bits per heavy atom. The lowest BCUT2D eigenvalue weighted by Crippen LogP contribution is -2.27. The number of nitrogens with zero attached hydrogens (tertiary/aromatic N) is 1. The molecule has 3 aliphatic carbocycles. The van der Waals surface area contributed by atoms with E-state index in [0.29, 0.717) is 0 Å². The first kappa shape index (κ1) is 38.5. The number of aryl methyl sites for hydroxylation is 1.